The van der Waals surface area contributed by atoms with Crippen molar-refractivity contribution in [1.82, 2.24) is 10.2 Å². The summed E-state index contributed by atoms with van der Waals surface area (Å²) in [6, 6.07) is 8.68. The fourth-order valence-electron chi connectivity index (χ4n) is 4.67. The number of aliphatic imine (C=N–C) groups is 1. The first-order valence-corrected chi connectivity index (χ1v) is 11.1. The van der Waals surface area contributed by atoms with Crippen LogP contribution in [0.15, 0.2) is 29.3 Å². The van der Waals surface area contributed by atoms with Crippen molar-refractivity contribution < 1.29 is 9.47 Å². The molecule has 4 rings (SSSR count). The normalized spacial score (nSPS) is 21.7. The molecule has 1 spiro atoms. The van der Waals surface area contributed by atoms with Crippen molar-refractivity contribution in [2.24, 2.45) is 10.4 Å². The third-order valence-electron chi connectivity index (χ3n) is 6.54. The van der Waals surface area contributed by atoms with Gasteiger partial charge >= 0.3 is 0 Å². The van der Waals surface area contributed by atoms with Crippen molar-refractivity contribution in [1.29, 1.82) is 0 Å². The highest BCUT2D eigenvalue weighted by Crippen LogP contribution is 2.47. The molecule has 0 radical (unpaired) electrons. The summed E-state index contributed by atoms with van der Waals surface area (Å²) >= 11 is 0. The Morgan fingerprint density at radius 3 is 2.72 bits per heavy atom. The number of benzene rings is 1. The highest BCUT2D eigenvalue weighted by Gasteiger charge is 2.43. The largest absolute Gasteiger partial charge is 0.381 e. The number of likely N-dealkylation sites (tertiary alicyclic amines) is 1. The van der Waals surface area contributed by atoms with Gasteiger partial charge in [0.1, 0.15) is 0 Å². The zero-order chi connectivity index (χ0) is 19.2. The van der Waals surface area contributed by atoms with Crippen LogP contribution < -0.4 is 5.32 Å². The zero-order valence-corrected chi connectivity index (χ0v) is 20.0. The van der Waals surface area contributed by atoms with E-state index in [-0.39, 0.29) is 24.0 Å². The molecule has 0 amide bonds. The van der Waals surface area contributed by atoms with Crippen LogP contribution in [0.1, 0.15) is 56.6 Å². The summed E-state index contributed by atoms with van der Waals surface area (Å²) in [5.41, 5.74) is 3.08. The number of ether oxygens (including phenoxy) is 2. The summed E-state index contributed by atoms with van der Waals surface area (Å²) < 4.78 is 11.5. The Hall–Kier alpha value is -0.860. The lowest BCUT2D eigenvalue weighted by molar-refractivity contribution is -0.0390. The van der Waals surface area contributed by atoms with Gasteiger partial charge in [-0.3, -0.25) is 0 Å². The Kier molecular flexibility index (Phi) is 8.62. The maximum atomic E-state index is 6.07. The Balaban J connectivity index is 0.00000240. The maximum Gasteiger partial charge on any atom is 0.194 e. The first-order chi connectivity index (χ1) is 13.8. The van der Waals surface area contributed by atoms with Gasteiger partial charge in [0, 0.05) is 32.8 Å². The van der Waals surface area contributed by atoms with Gasteiger partial charge in [0.15, 0.2) is 5.96 Å². The van der Waals surface area contributed by atoms with Crippen LogP contribution in [0, 0.1) is 5.41 Å². The molecule has 162 valence electrons. The van der Waals surface area contributed by atoms with Crippen molar-refractivity contribution in [3.63, 3.8) is 0 Å². The van der Waals surface area contributed by atoms with Gasteiger partial charge in [-0.05, 0) is 55.6 Å². The van der Waals surface area contributed by atoms with Gasteiger partial charge in [0.25, 0.3) is 0 Å². The van der Waals surface area contributed by atoms with Crippen molar-refractivity contribution in [3.8, 4) is 0 Å². The van der Waals surface area contributed by atoms with Gasteiger partial charge in [0.05, 0.1) is 19.3 Å². The molecule has 6 heteroatoms. The smallest absolute Gasteiger partial charge is 0.194 e. The van der Waals surface area contributed by atoms with Gasteiger partial charge in [-0.25, -0.2) is 4.99 Å². The van der Waals surface area contributed by atoms with E-state index in [1.54, 1.807) is 0 Å². The quantitative estimate of drug-likeness (QED) is 0.349. The summed E-state index contributed by atoms with van der Waals surface area (Å²) in [5, 5.41) is 3.50. The fourth-order valence-corrected chi connectivity index (χ4v) is 4.67. The van der Waals surface area contributed by atoms with Crippen LogP contribution in [0.5, 0.6) is 0 Å². The van der Waals surface area contributed by atoms with Gasteiger partial charge in [-0.1, -0.05) is 30.7 Å². The fraction of sp³-hybridized carbons (Fsp3) is 0.696. The number of halogens is 1. The van der Waals surface area contributed by atoms with E-state index >= 15 is 0 Å². The Bertz CT molecular complexity index is 672. The molecule has 3 aliphatic rings. The van der Waals surface area contributed by atoms with E-state index in [9.17, 15) is 0 Å². The van der Waals surface area contributed by atoms with Crippen LogP contribution in [0.25, 0.3) is 0 Å². The summed E-state index contributed by atoms with van der Waals surface area (Å²) in [5.74, 6) is 1.08. The molecule has 0 aromatic heterocycles. The van der Waals surface area contributed by atoms with Gasteiger partial charge in [-0.15, -0.1) is 24.0 Å². The minimum absolute atomic E-state index is 0. The predicted octanol–water partition coefficient (Wildman–Crippen LogP) is 4.34. The van der Waals surface area contributed by atoms with E-state index in [0.717, 1.165) is 51.6 Å². The van der Waals surface area contributed by atoms with E-state index in [1.807, 2.05) is 0 Å². The summed E-state index contributed by atoms with van der Waals surface area (Å²) in [7, 11) is 0. The summed E-state index contributed by atoms with van der Waals surface area (Å²) in [6.45, 7) is 8.44. The standard InChI is InChI=1S/C23H35N3O2.HI/c1-2-24-22(26-12-11-23(18-26)9-4-10-23)25-16-19-5-3-6-20(15-19)17-28-21-7-13-27-14-8-21;/h3,5-6,15,21H,2,4,7-14,16-18H2,1H3,(H,24,25);1H. The second-order valence-corrected chi connectivity index (χ2v) is 8.64. The SMILES string of the molecule is CCNC(=NCc1cccc(COC2CCOCC2)c1)N1CCC2(CCC2)C1.I. The second kappa shape index (κ2) is 11.0. The Morgan fingerprint density at radius 1 is 1.24 bits per heavy atom. The average Bonchev–Trinajstić information content (AvgIpc) is 3.17. The number of guanidine groups is 1. The van der Waals surface area contributed by atoms with E-state index < -0.39 is 0 Å². The molecule has 2 heterocycles. The second-order valence-electron chi connectivity index (χ2n) is 8.64. The molecule has 0 unspecified atom stereocenters. The molecule has 2 saturated heterocycles. The molecule has 0 bridgehead atoms. The number of hydrogen-bond donors (Lipinski definition) is 1. The molecule has 1 aromatic carbocycles. The van der Waals surface area contributed by atoms with Crippen LogP contribution in [0.3, 0.4) is 0 Å². The van der Waals surface area contributed by atoms with E-state index in [1.165, 1.54) is 43.4 Å². The lowest BCUT2D eigenvalue weighted by Crippen LogP contribution is -2.42. The molecule has 1 N–H and O–H groups in total. The molecule has 1 saturated carbocycles. The van der Waals surface area contributed by atoms with Gasteiger partial charge in [0.2, 0.25) is 0 Å². The number of hydrogen-bond acceptors (Lipinski definition) is 3. The van der Waals surface area contributed by atoms with Crippen molar-refractivity contribution in [2.75, 3.05) is 32.8 Å². The predicted molar refractivity (Wildman–Crippen MR) is 128 cm³/mol. The Morgan fingerprint density at radius 2 is 2.03 bits per heavy atom. The minimum Gasteiger partial charge on any atom is -0.381 e. The molecule has 2 aliphatic heterocycles. The topological polar surface area (TPSA) is 46.1 Å². The molecule has 0 atom stereocenters. The van der Waals surface area contributed by atoms with Crippen LogP contribution >= 0.6 is 24.0 Å². The van der Waals surface area contributed by atoms with E-state index in [4.69, 9.17) is 14.5 Å². The highest BCUT2D eigenvalue weighted by molar-refractivity contribution is 14.0. The van der Waals surface area contributed by atoms with E-state index in [0.29, 0.717) is 18.1 Å². The van der Waals surface area contributed by atoms with Crippen molar-refractivity contribution in [2.45, 2.75) is 64.7 Å². The van der Waals surface area contributed by atoms with Crippen LogP contribution in [0.2, 0.25) is 0 Å². The summed E-state index contributed by atoms with van der Waals surface area (Å²) in [6.07, 6.45) is 7.89. The highest BCUT2D eigenvalue weighted by atomic mass is 127. The summed E-state index contributed by atoms with van der Waals surface area (Å²) in [4.78, 5) is 7.43. The molecular weight excluding hydrogens is 477 g/mol. The minimum atomic E-state index is 0. The number of nitrogens with one attached hydrogen (secondary N) is 1. The molecule has 1 aromatic rings. The zero-order valence-electron chi connectivity index (χ0n) is 17.7. The number of rotatable bonds is 6. The average molecular weight is 513 g/mol. The first kappa shape index (κ1) is 22.8. The third-order valence-corrected chi connectivity index (χ3v) is 6.54. The maximum absolute atomic E-state index is 6.07. The monoisotopic (exact) mass is 513 g/mol. The number of nitrogens with zero attached hydrogens (tertiary/aromatic N) is 2. The molecular formula is C23H36IN3O2. The third kappa shape index (κ3) is 6.07. The first-order valence-electron chi connectivity index (χ1n) is 11.1. The van der Waals surface area contributed by atoms with Crippen molar-refractivity contribution in [3.05, 3.63) is 35.4 Å². The van der Waals surface area contributed by atoms with E-state index in [2.05, 4.69) is 41.4 Å². The molecule has 29 heavy (non-hydrogen) atoms. The van der Waals surface area contributed by atoms with Gasteiger partial charge in [-0.2, -0.15) is 0 Å². The van der Waals surface area contributed by atoms with Crippen molar-refractivity contribution >= 4 is 29.9 Å². The van der Waals surface area contributed by atoms with Crippen LogP contribution in [-0.4, -0.2) is 49.8 Å². The lowest BCUT2D eigenvalue weighted by Gasteiger charge is -2.38. The van der Waals surface area contributed by atoms with Crippen LogP contribution in [0.4, 0.5) is 0 Å². The van der Waals surface area contributed by atoms with Crippen LogP contribution in [-0.2, 0) is 22.6 Å². The lowest BCUT2D eigenvalue weighted by atomic mass is 9.68. The molecule has 1 aliphatic carbocycles. The molecule has 3 fully saturated rings. The molecule has 5 nitrogen and oxygen atoms in total. The Labute approximate surface area is 192 Å². The van der Waals surface area contributed by atoms with Gasteiger partial charge < -0.3 is 19.7 Å².